The first kappa shape index (κ1) is 16.9. The number of carbonyl (C=O) groups is 1. The number of hydrogen-bond acceptors (Lipinski definition) is 3. The fraction of sp³-hybridized carbons (Fsp3) is 0.667. The van der Waals surface area contributed by atoms with Crippen LogP contribution in [0.25, 0.3) is 0 Å². The van der Waals surface area contributed by atoms with E-state index in [-0.39, 0.29) is 0 Å². The van der Waals surface area contributed by atoms with Gasteiger partial charge in [-0.2, -0.15) is 0 Å². The fourth-order valence-electron chi connectivity index (χ4n) is 5.73. The average Bonchev–Trinajstić information content (AvgIpc) is 2.61. The molecule has 1 N–H and O–H groups in total. The van der Waals surface area contributed by atoms with Gasteiger partial charge in [-0.1, -0.05) is 20.8 Å². The second-order valence-electron chi connectivity index (χ2n) is 8.90. The Morgan fingerprint density at radius 3 is 2.24 bits per heavy atom. The maximum Gasteiger partial charge on any atom is 0.335 e. The van der Waals surface area contributed by atoms with E-state index in [1.54, 1.807) is 12.1 Å². The molecule has 4 nitrogen and oxygen atoms in total. The minimum absolute atomic E-state index is 0.361. The summed E-state index contributed by atoms with van der Waals surface area (Å²) in [6, 6.07) is 8.07. The number of carboxylic acids is 1. The van der Waals surface area contributed by atoms with E-state index in [4.69, 9.17) is 5.11 Å². The monoisotopic (exact) mass is 342 g/mol. The van der Waals surface area contributed by atoms with Gasteiger partial charge in [0.25, 0.3) is 0 Å². The molecular weight excluding hydrogens is 312 g/mol. The van der Waals surface area contributed by atoms with Gasteiger partial charge >= 0.3 is 5.97 Å². The van der Waals surface area contributed by atoms with Crippen LogP contribution in [0.3, 0.4) is 0 Å². The van der Waals surface area contributed by atoms with Gasteiger partial charge in [0.05, 0.1) is 5.56 Å². The van der Waals surface area contributed by atoms with Crippen molar-refractivity contribution in [1.82, 2.24) is 4.90 Å². The van der Waals surface area contributed by atoms with E-state index in [1.165, 1.54) is 12.8 Å². The van der Waals surface area contributed by atoms with Crippen LogP contribution >= 0.6 is 0 Å². The van der Waals surface area contributed by atoms with Crippen LogP contribution in [0.15, 0.2) is 24.3 Å². The molecule has 0 aromatic heterocycles. The maximum absolute atomic E-state index is 11.0. The van der Waals surface area contributed by atoms with Crippen molar-refractivity contribution in [3.63, 3.8) is 0 Å². The van der Waals surface area contributed by atoms with Gasteiger partial charge in [0.2, 0.25) is 0 Å². The van der Waals surface area contributed by atoms with Crippen LogP contribution < -0.4 is 4.90 Å². The van der Waals surface area contributed by atoms with Crippen LogP contribution in [0.5, 0.6) is 0 Å². The van der Waals surface area contributed by atoms with Crippen LogP contribution in [0.4, 0.5) is 5.69 Å². The summed E-state index contributed by atoms with van der Waals surface area (Å²) in [5.74, 6) is 1.77. The number of fused-ring (bicyclic) bond motifs is 2. The first-order chi connectivity index (χ1) is 11.9. The Hall–Kier alpha value is -1.55. The van der Waals surface area contributed by atoms with Crippen molar-refractivity contribution in [2.24, 2.45) is 23.2 Å². The molecule has 136 valence electrons. The Morgan fingerprint density at radius 2 is 1.72 bits per heavy atom. The number of nitrogens with zero attached hydrogens (tertiary/aromatic N) is 2. The van der Waals surface area contributed by atoms with Crippen molar-refractivity contribution in [3.05, 3.63) is 29.8 Å². The van der Waals surface area contributed by atoms with Gasteiger partial charge in [0, 0.05) is 37.9 Å². The molecule has 0 spiro atoms. The lowest BCUT2D eigenvalue weighted by atomic mass is 9.44. The fourth-order valence-corrected chi connectivity index (χ4v) is 5.73. The van der Waals surface area contributed by atoms with Crippen LogP contribution in [0.1, 0.15) is 44.0 Å². The molecule has 4 atom stereocenters. The van der Waals surface area contributed by atoms with Gasteiger partial charge in [0.1, 0.15) is 0 Å². The van der Waals surface area contributed by atoms with E-state index in [1.807, 2.05) is 12.1 Å². The van der Waals surface area contributed by atoms with Crippen molar-refractivity contribution in [1.29, 1.82) is 0 Å². The molecule has 25 heavy (non-hydrogen) atoms. The zero-order chi connectivity index (χ0) is 17.8. The summed E-state index contributed by atoms with van der Waals surface area (Å²) in [7, 11) is 0. The molecule has 1 aliphatic heterocycles. The number of hydrogen-bond donors (Lipinski definition) is 1. The molecule has 3 aliphatic carbocycles. The highest BCUT2D eigenvalue weighted by Crippen LogP contribution is 2.62. The van der Waals surface area contributed by atoms with Crippen LogP contribution in [0, 0.1) is 23.2 Å². The summed E-state index contributed by atoms with van der Waals surface area (Å²) in [6.45, 7) is 11.7. The molecule has 3 saturated carbocycles. The molecule has 0 radical (unpaired) electrons. The Kier molecular flexibility index (Phi) is 4.06. The third-order valence-corrected chi connectivity index (χ3v) is 7.58. The third kappa shape index (κ3) is 2.75. The topological polar surface area (TPSA) is 43.8 Å². The minimum Gasteiger partial charge on any atom is -0.478 e. The van der Waals surface area contributed by atoms with Crippen LogP contribution in [-0.4, -0.2) is 48.2 Å². The smallest absolute Gasteiger partial charge is 0.335 e. The predicted molar refractivity (Wildman–Crippen MR) is 100 cm³/mol. The first-order valence-corrected chi connectivity index (χ1v) is 9.70. The van der Waals surface area contributed by atoms with E-state index >= 15 is 0 Å². The summed E-state index contributed by atoms with van der Waals surface area (Å²) >= 11 is 0. The van der Waals surface area contributed by atoms with E-state index in [0.29, 0.717) is 11.0 Å². The van der Waals surface area contributed by atoms with Gasteiger partial charge in [-0.25, -0.2) is 4.79 Å². The Bertz CT molecular complexity index is 646. The van der Waals surface area contributed by atoms with Gasteiger partial charge in [-0.3, -0.25) is 4.90 Å². The highest BCUT2D eigenvalue weighted by molar-refractivity contribution is 5.88. The van der Waals surface area contributed by atoms with Crippen molar-refractivity contribution in [2.45, 2.75) is 39.7 Å². The normalized spacial score (nSPS) is 34.4. The van der Waals surface area contributed by atoms with Gasteiger partial charge in [0.15, 0.2) is 0 Å². The maximum atomic E-state index is 11.0. The lowest BCUT2D eigenvalue weighted by molar-refractivity contribution is -0.139. The number of aromatic carboxylic acids is 1. The second kappa shape index (κ2) is 6.01. The number of anilines is 1. The van der Waals surface area contributed by atoms with Gasteiger partial charge < -0.3 is 10.0 Å². The van der Waals surface area contributed by atoms with Crippen molar-refractivity contribution < 1.29 is 9.90 Å². The summed E-state index contributed by atoms with van der Waals surface area (Å²) in [5, 5.41) is 9.03. The van der Waals surface area contributed by atoms with E-state index < -0.39 is 5.97 Å². The van der Waals surface area contributed by atoms with Crippen molar-refractivity contribution in [2.75, 3.05) is 31.1 Å². The molecule has 4 heteroatoms. The van der Waals surface area contributed by atoms with Gasteiger partial charge in [-0.15, -0.1) is 0 Å². The molecular formula is C21H30N2O2. The molecule has 5 rings (SSSR count). The van der Waals surface area contributed by atoms with E-state index in [2.05, 4.69) is 30.6 Å². The van der Waals surface area contributed by atoms with Gasteiger partial charge in [-0.05, 0) is 60.3 Å². The molecule has 1 aromatic rings. The van der Waals surface area contributed by atoms with Crippen LogP contribution in [0.2, 0.25) is 0 Å². The lowest BCUT2D eigenvalue weighted by Gasteiger charge is -2.64. The first-order valence-electron chi connectivity index (χ1n) is 9.70. The lowest BCUT2D eigenvalue weighted by Crippen LogP contribution is -2.63. The predicted octanol–water partition coefficient (Wildman–Crippen LogP) is 3.58. The average molecular weight is 342 g/mol. The standard InChI is InChI=1S/C21H30N2O2/c1-14-18-12-16(21(18,2)3)13-19(14)23-10-8-22(9-11-23)17-6-4-15(5-7-17)20(24)25/h4-7,14,16,18-19H,8-13H2,1-3H3,(H,24,25)/t14-,16+,18-,19-/m0/s1. The number of benzene rings is 1. The zero-order valence-electron chi connectivity index (χ0n) is 15.6. The molecule has 4 fully saturated rings. The van der Waals surface area contributed by atoms with Crippen molar-refractivity contribution >= 4 is 11.7 Å². The minimum atomic E-state index is -0.857. The van der Waals surface area contributed by atoms with E-state index in [0.717, 1.165) is 55.7 Å². The molecule has 4 aliphatic rings. The summed E-state index contributed by atoms with van der Waals surface area (Å²) in [5.41, 5.74) is 2.06. The molecule has 0 amide bonds. The summed E-state index contributed by atoms with van der Waals surface area (Å²) < 4.78 is 0. The zero-order valence-corrected chi connectivity index (χ0v) is 15.6. The Balaban J connectivity index is 1.37. The number of rotatable bonds is 3. The summed E-state index contributed by atoms with van der Waals surface area (Å²) in [6.07, 6.45) is 2.82. The molecule has 1 heterocycles. The molecule has 1 saturated heterocycles. The largest absolute Gasteiger partial charge is 0.478 e. The van der Waals surface area contributed by atoms with Crippen molar-refractivity contribution in [3.8, 4) is 0 Å². The van der Waals surface area contributed by atoms with Crippen LogP contribution in [-0.2, 0) is 0 Å². The Morgan fingerprint density at radius 1 is 1.08 bits per heavy atom. The summed E-state index contributed by atoms with van der Waals surface area (Å²) in [4.78, 5) is 16.1. The molecule has 2 bridgehead atoms. The second-order valence-corrected chi connectivity index (χ2v) is 8.90. The number of piperazine rings is 1. The highest BCUT2D eigenvalue weighted by atomic mass is 16.4. The third-order valence-electron chi connectivity index (χ3n) is 7.58. The highest BCUT2D eigenvalue weighted by Gasteiger charge is 2.57. The SMILES string of the molecule is C[C@@H]1[C@@H](N2CCN(c3ccc(C(=O)O)cc3)CC2)C[C@H]2C[C@@H]1C2(C)C. The quantitative estimate of drug-likeness (QED) is 0.912. The molecule has 0 unspecified atom stereocenters. The molecule has 1 aromatic carbocycles. The number of carboxylic acid groups (broad SMARTS) is 1. The Labute approximate surface area is 150 Å². The van der Waals surface area contributed by atoms with E-state index in [9.17, 15) is 4.79 Å².